The highest BCUT2D eigenvalue weighted by atomic mass is 15.2. The monoisotopic (exact) mass is 343 g/mol. The van der Waals surface area contributed by atoms with E-state index in [1.165, 1.54) is 96.6 Å². The van der Waals surface area contributed by atoms with Crippen molar-refractivity contribution in [3.8, 4) is 0 Å². The van der Waals surface area contributed by atoms with Gasteiger partial charge in [0.05, 0.1) is 0 Å². The molecule has 0 spiro atoms. The summed E-state index contributed by atoms with van der Waals surface area (Å²) in [6, 6.07) is 11.0. The Labute approximate surface area is 155 Å². The minimum absolute atomic E-state index is 0.869. The molecule has 0 N–H and O–H groups in total. The van der Waals surface area contributed by atoms with Crippen molar-refractivity contribution in [1.29, 1.82) is 0 Å². The first-order chi connectivity index (χ1) is 12.3. The summed E-state index contributed by atoms with van der Waals surface area (Å²) in [6.45, 7) is 13.9. The maximum Gasteiger partial charge on any atom is 0.0109 e. The molecule has 0 aromatic heterocycles. The standard InChI is InChI=1S/C22H37N3/c1-2-23-14-8-15-24(18-17-23)12-6-7-13-25-16-11-22(20-25)19-21-9-4-3-5-10-21/h3-5,9-10,22H,2,6-8,11-20H2,1H3. The molecule has 0 saturated carbocycles. The van der Waals surface area contributed by atoms with Gasteiger partial charge in [-0.25, -0.2) is 0 Å². The summed E-state index contributed by atoms with van der Waals surface area (Å²) in [5, 5.41) is 0. The summed E-state index contributed by atoms with van der Waals surface area (Å²) in [5.41, 5.74) is 1.51. The molecule has 0 radical (unpaired) electrons. The van der Waals surface area contributed by atoms with Gasteiger partial charge in [-0.05, 0) is 82.9 Å². The predicted octanol–water partition coefficient (Wildman–Crippen LogP) is 3.36. The number of rotatable bonds is 8. The largest absolute Gasteiger partial charge is 0.303 e. The lowest BCUT2D eigenvalue weighted by Crippen LogP contribution is -2.31. The third kappa shape index (κ3) is 6.40. The van der Waals surface area contributed by atoms with Crippen molar-refractivity contribution in [3.63, 3.8) is 0 Å². The zero-order valence-corrected chi connectivity index (χ0v) is 16.2. The van der Waals surface area contributed by atoms with Gasteiger partial charge in [0.2, 0.25) is 0 Å². The Bertz CT molecular complexity index is 475. The summed E-state index contributed by atoms with van der Waals surface area (Å²) < 4.78 is 0. The average molecular weight is 344 g/mol. The number of likely N-dealkylation sites (N-methyl/N-ethyl adjacent to an activating group) is 1. The highest BCUT2D eigenvalue weighted by molar-refractivity contribution is 5.15. The lowest BCUT2D eigenvalue weighted by atomic mass is 9.99. The fourth-order valence-electron chi connectivity index (χ4n) is 4.47. The first-order valence-corrected chi connectivity index (χ1v) is 10.5. The zero-order chi connectivity index (χ0) is 17.3. The number of hydrogen-bond acceptors (Lipinski definition) is 3. The number of unbranched alkanes of at least 4 members (excludes halogenated alkanes) is 1. The molecule has 0 bridgehead atoms. The minimum Gasteiger partial charge on any atom is -0.303 e. The molecule has 2 saturated heterocycles. The van der Waals surface area contributed by atoms with Crippen LogP contribution >= 0.6 is 0 Å². The maximum atomic E-state index is 2.70. The van der Waals surface area contributed by atoms with E-state index >= 15 is 0 Å². The van der Waals surface area contributed by atoms with E-state index in [0.717, 1.165) is 5.92 Å². The van der Waals surface area contributed by atoms with Crippen LogP contribution in [0.25, 0.3) is 0 Å². The molecule has 1 atom stereocenters. The highest BCUT2D eigenvalue weighted by Crippen LogP contribution is 2.21. The van der Waals surface area contributed by atoms with Crippen LogP contribution in [0.15, 0.2) is 30.3 Å². The Morgan fingerprint density at radius 3 is 2.36 bits per heavy atom. The number of likely N-dealkylation sites (tertiary alicyclic amines) is 1. The first-order valence-electron chi connectivity index (χ1n) is 10.5. The number of nitrogens with zero attached hydrogens (tertiary/aromatic N) is 3. The quantitative estimate of drug-likeness (QED) is 0.670. The van der Waals surface area contributed by atoms with Crippen LogP contribution in [-0.2, 0) is 6.42 Å². The Balaban J connectivity index is 1.27. The van der Waals surface area contributed by atoms with Crippen molar-refractivity contribution in [2.24, 2.45) is 5.92 Å². The third-order valence-corrected chi connectivity index (χ3v) is 6.06. The van der Waals surface area contributed by atoms with Crippen LogP contribution in [0.2, 0.25) is 0 Å². The second kappa shape index (κ2) is 10.3. The van der Waals surface area contributed by atoms with Crippen molar-refractivity contribution in [2.45, 2.75) is 39.0 Å². The molecule has 0 aliphatic carbocycles. The molecule has 1 aromatic rings. The lowest BCUT2D eigenvalue weighted by Gasteiger charge is -2.21. The van der Waals surface area contributed by atoms with E-state index in [1.54, 1.807) is 0 Å². The Morgan fingerprint density at radius 1 is 0.840 bits per heavy atom. The van der Waals surface area contributed by atoms with Gasteiger partial charge in [-0.1, -0.05) is 37.3 Å². The molecule has 1 unspecified atom stereocenters. The Hall–Kier alpha value is -0.900. The van der Waals surface area contributed by atoms with Crippen LogP contribution < -0.4 is 0 Å². The molecule has 0 amide bonds. The van der Waals surface area contributed by atoms with Crippen molar-refractivity contribution in [1.82, 2.24) is 14.7 Å². The van der Waals surface area contributed by atoms with Gasteiger partial charge in [0, 0.05) is 19.6 Å². The zero-order valence-electron chi connectivity index (χ0n) is 16.2. The smallest absolute Gasteiger partial charge is 0.0109 e. The van der Waals surface area contributed by atoms with Crippen LogP contribution in [0.3, 0.4) is 0 Å². The fraction of sp³-hybridized carbons (Fsp3) is 0.727. The van der Waals surface area contributed by atoms with E-state index in [4.69, 9.17) is 0 Å². The van der Waals surface area contributed by atoms with E-state index in [-0.39, 0.29) is 0 Å². The summed E-state index contributed by atoms with van der Waals surface area (Å²) in [4.78, 5) is 7.99. The first kappa shape index (κ1) is 18.9. The average Bonchev–Trinajstić information content (AvgIpc) is 2.95. The summed E-state index contributed by atoms with van der Waals surface area (Å²) in [7, 11) is 0. The van der Waals surface area contributed by atoms with E-state index in [1.807, 2.05) is 0 Å². The second-order valence-electron chi connectivity index (χ2n) is 7.98. The van der Waals surface area contributed by atoms with Crippen LogP contribution in [-0.4, -0.2) is 73.6 Å². The van der Waals surface area contributed by atoms with E-state index < -0.39 is 0 Å². The molecule has 2 heterocycles. The van der Waals surface area contributed by atoms with Gasteiger partial charge in [-0.2, -0.15) is 0 Å². The highest BCUT2D eigenvalue weighted by Gasteiger charge is 2.22. The van der Waals surface area contributed by atoms with Crippen LogP contribution in [0.5, 0.6) is 0 Å². The van der Waals surface area contributed by atoms with Crippen LogP contribution in [0.1, 0.15) is 38.2 Å². The third-order valence-electron chi connectivity index (χ3n) is 6.06. The van der Waals surface area contributed by atoms with E-state index in [2.05, 4.69) is 52.0 Å². The summed E-state index contributed by atoms with van der Waals surface area (Å²) >= 11 is 0. The van der Waals surface area contributed by atoms with Gasteiger partial charge in [0.25, 0.3) is 0 Å². The van der Waals surface area contributed by atoms with Gasteiger partial charge in [-0.3, -0.25) is 0 Å². The van der Waals surface area contributed by atoms with Gasteiger partial charge >= 0.3 is 0 Å². The molecule has 25 heavy (non-hydrogen) atoms. The van der Waals surface area contributed by atoms with Gasteiger partial charge in [0.15, 0.2) is 0 Å². The van der Waals surface area contributed by atoms with Crippen molar-refractivity contribution in [3.05, 3.63) is 35.9 Å². The second-order valence-corrected chi connectivity index (χ2v) is 7.98. The summed E-state index contributed by atoms with van der Waals surface area (Å²) in [5.74, 6) is 0.869. The van der Waals surface area contributed by atoms with Crippen molar-refractivity contribution < 1.29 is 0 Å². The Kier molecular flexibility index (Phi) is 7.78. The SMILES string of the molecule is CCN1CCCN(CCCCN2CCC(Cc3ccccc3)C2)CC1. The Morgan fingerprint density at radius 2 is 1.56 bits per heavy atom. The van der Waals surface area contributed by atoms with Gasteiger partial charge in [0.1, 0.15) is 0 Å². The molecular weight excluding hydrogens is 306 g/mol. The van der Waals surface area contributed by atoms with Gasteiger partial charge in [-0.15, -0.1) is 0 Å². The lowest BCUT2D eigenvalue weighted by molar-refractivity contribution is 0.250. The topological polar surface area (TPSA) is 9.72 Å². The molecule has 2 aliphatic heterocycles. The fourth-order valence-corrected chi connectivity index (χ4v) is 4.47. The van der Waals surface area contributed by atoms with Gasteiger partial charge < -0.3 is 14.7 Å². The molecule has 2 fully saturated rings. The summed E-state index contributed by atoms with van der Waals surface area (Å²) in [6.07, 6.45) is 6.73. The molecule has 140 valence electrons. The molecular formula is C22H37N3. The number of hydrogen-bond donors (Lipinski definition) is 0. The van der Waals surface area contributed by atoms with Crippen molar-refractivity contribution in [2.75, 3.05) is 58.9 Å². The van der Waals surface area contributed by atoms with E-state index in [9.17, 15) is 0 Å². The molecule has 2 aliphatic rings. The predicted molar refractivity (Wildman–Crippen MR) is 107 cm³/mol. The number of benzene rings is 1. The maximum absolute atomic E-state index is 2.70. The normalized spacial score (nSPS) is 23.8. The van der Waals surface area contributed by atoms with Crippen LogP contribution in [0, 0.1) is 5.92 Å². The molecule has 3 heteroatoms. The molecule has 3 nitrogen and oxygen atoms in total. The minimum atomic E-state index is 0.869. The van der Waals surface area contributed by atoms with Crippen LogP contribution in [0.4, 0.5) is 0 Å². The molecule has 3 rings (SSSR count). The molecule has 1 aromatic carbocycles. The van der Waals surface area contributed by atoms with Crippen molar-refractivity contribution >= 4 is 0 Å². The van der Waals surface area contributed by atoms with E-state index in [0.29, 0.717) is 0 Å².